The van der Waals surface area contributed by atoms with Crippen molar-refractivity contribution in [3.05, 3.63) is 42.4 Å². The number of hydrogen-bond acceptors (Lipinski definition) is 5. The minimum absolute atomic E-state index is 0.206. The Bertz CT molecular complexity index is 730. The summed E-state index contributed by atoms with van der Waals surface area (Å²) in [7, 11) is 0. The Morgan fingerprint density at radius 2 is 1.76 bits per heavy atom. The van der Waals surface area contributed by atoms with Crippen LogP contribution in [0.3, 0.4) is 0 Å². The molecule has 0 bridgehead atoms. The van der Waals surface area contributed by atoms with E-state index in [-0.39, 0.29) is 11.4 Å². The lowest BCUT2D eigenvalue weighted by atomic mass is 10.1. The van der Waals surface area contributed by atoms with Crippen molar-refractivity contribution in [2.75, 3.05) is 23.3 Å². The van der Waals surface area contributed by atoms with E-state index in [1.54, 1.807) is 6.07 Å². The van der Waals surface area contributed by atoms with Crippen molar-refractivity contribution in [3.8, 4) is 0 Å². The number of hydrogen-bond donors (Lipinski definition) is 2. The van der Waals surface area contributed by atoms with Crippen molar-refractivity contribution >= 4 is 23.1 Å². The van der Waals surface area contributed by atoms with E-state index in [9.17, 15) is 4.79 Å². The maximum Gasteiger partial charge on any atom is 0.270 e. The molecule has 0 unspecified atom stereocenters. The number of benzene rings is 1. The lowest BCUT2D eigenvalue weighted by Crippen LogP contribution is -2.40. The predicted molar refractivity (Wildman–Crippen MR) is 100 cm³/mol. The predicted octanol–water partition coefficient (Wildman–Crippen LogP) is 3.35. The number of amides is 1. The molecule has 0 spiro atoms. The zero-order chi connectivity index (χ0) is 17.9. The first kappa shape index (κ1) is 17.2. The first-order valence-electron chi connectivity index (χ1n) is 8.67. The molecule has 0 atom stereocenters. The molecule has 1 aromatic heterocycles. The van der Waals surface area contributed by atoms with Crippen LogP contribution in [0.4, 0.5) is 17.2 Å². The maximum atomic E-state index is 12.2. The fourth-order valence-electron chi connectivity index (χ4n) is 2.83. The van der Waals surface area contributed by atoms with E-state index in [0.717, 1.165) is 18.8 Å². The molecule has 0 aliphatic carbocycles. The SMILES string of the molecule is CC(C)(C)NC(=O)c1cc(Nc2ccc(N3CCCC3)cc2)ncn1. The Morgan fingerprint density at radius 3 is 2.40 bits per heavy atom. The van der Waals surface area contributed by atoms with Crippen LogP contribution >= 0.6 is 0 Å². The zero-order valence-corrected chi connectivity index (χ0v) is 15.0. The van der Waals surface area contributed by atoms with E-state index in [1.165, 1.54) is 24.9 Å². The van der Waals surface area contributed by atoms with Crippen LogP contribution in [-0.4, -0.2) is 34.5 Å². The van der Waals surface area contributed by atoms with Gasteiger partial charge in [0.05, 0.1) is 0 Å². The standard InChI is InChI=1S/C19H25N5O/c1-19(2,3)23-18(25)16-12-17(21-13-20-16)22-14-6-8-15(9-7-14)24-10-4-5-11-24/h6-9,12-13H,4-5,10-11H2,1-3H3,(H,23,25)(H,20,21,22). The van der Waals surface area contributed by atoms with Crippen LogP contribution < -0.4 is 15.5 Å². The number of carbonyl (C=O) groups is 1. The minimum Gasteiger partial charge on any atom is -0.372 e. The molecule has 3 rings (SSSR count). The fraction of sp³-hybridized carbons (Fsp3) is 0.421. The second-order valence-corrected chi connectivity index (χ2v) is 7.36. The second kappa shape index (κ2) is 7.09. The molecule has 2 N–H and O–H groups in total. The van der Waals surface area contributed by atoms with Gasteiger partial charge in [0.1, 0.15) is 17.8 Å². The topological polar surface area (TPSA) is 70.2 Å². The zero-order valence-electron chi connectivity index (χ0n) is 15.0. The smallest absolute Gasteiger partial charge is 0.270 e. The summed E-state index contributed by atoms with van der Waals surface area (Å²) in [4.78, 5) is 22.9. The summed E-state index contributed by atoms with van der Waals surface area (Å²) in [6, 6.07) is 9.95. The first-order valence-corrected chi connectivity index (χ1v) is 8.67. The molecule has 1 aliphatic rings. The van der Waals surface area contributed by atoms with Gasteiger partial charge in [-0.1, -0.05) is 0 Å². The molecule has 6 heteroatoms. The van der Waals surface area contributed by atoms with Crippen LogP contribution in [0.1, 0.15) is 44.1 Å². The van der Waals surface area contributed by atoms with E-state index in [0.29, 0.717) is 11.5 Å². The van der Waals surface area contributed by atoms with Gasteiger partial charge in [0.15, 0.2) is 0 Å². The summed E-state index contributed by atoms with van der Waals surface area (Å²) in [6.07, 6.45) is 3.93. The Labute approximate surface area is 148 Å². The summed E-state index contributed by atoms with van der Waals surface area (Å²) >= 11 is 0. The summed E-state index contributed by atoms with van der Waals surface area (Å²) in [5.74, 6) is 0.394. The number of anilines is 3. The van der Waals surface area contributed by atoms with Crippen molar-refractivity contribution in [1.82, 2.24) is 15.3 Å². The maximum absolute atomic E-state index is 12.2. The Hall–Kier alpha value is -2.63. The lowest BCUT2D eigenvalue weighted by molar-refractivity contribution is 0.0914. The molecular weight excluding hydrogens is 314 g/mol. The number of aromatic nitrogens is 2. The van der Waals surface area contributed by atoms with Crippen LogP contribution in [0.5, 0.6) is 0 Å². The van der Waals surface area contributed by atoms with Crippen LogP contribution in [0, 0.1) is 0 Å². The third kappa shape index (κ3) is 4.68. The highest BCUT2D eigenvalue weighted by Crippen LogP contribution is 2.23. The second-order valence-electron chi connectivity index (χ2n) is 7.36. The number of nitrogens with zero attached hydrogens (tertiary/aromatic N) is 3. The summed E-state index contributed by atoms with van der Waals surface area (Å²) in [6.45, 7) is 8.07. The van der Waals surface area contributed by atoms with Gasteiger partial charge in [-0.25, -0.2) is 9.97 Å². The van der Waals surface area contributed by atoms with Gasteiger partial charge in [-0.3, -0.25) is 4.79 Å². The number of carbonyl (C=O) groups excluding carboxylic acids is 1. The van der Waals surface area contributed by atoms with Crippen LogP contribution in [-0.2, 0) is 0 Å². The van der Waals surface area contributed by atoms with E-state index < -0.39 is 0 Å². The van der Waals surface area contributed by atoms with Gasteiger partial charge in [0.25, 0.3) is 5.91 Å². The summed E-state index contributed by atoms with van der Waals surface area (Å²) < 4.78 is 0. The molecular formula is C19H25N5O. The molecule has 1 fully saturated rings. The quantitative estimate of drug-likeness (QED) is 0.894. The minimum atomic E-state index is -0.305. The molecule has 2 aromatic rings. The third-order valence-electron chi connectivity index (χ3n) is 4.00. The van der Waals surface area contributed by atoms with Crippen molar-refractivity contribution in [2.45, 2.75) is 39.2 Å². The molecule has 25 heavy (non-hydrogen) atoms. The molecule has 1 saturated heterocycles. The third-order valence-corrected chi connectivity index (χ3v) is 4.00. The molecule has 0 saturated carbocycles. The molecule has 132 valence electrons. The van der Waals surface area contributed by atoms with E-state index >= 15 is 0 Å². The van der Waals surface area contributed by atoms with Crippen molar-refractivity contribution in [1.29, 1.82) is 0 Å². The molecule has 1 aromatic carbocycles. The number of nitrogens with one attached hydrogen (secondary N) is 2. The highest BCUT2D eigenvalue weighted by molar-refractivity contribution is 5.93. The van der Waals surface area contributed by atoms with E-state index in [1.807, 2.05) is 32.9 Å². The first-order chi connectivity index (χ1) is 11.9. The van der Waals surface area contributed by atoms with Gasteiger partial charge in [0.2, 0.25) is 0 Å². The van der Waals surface area contributed by atoms with Crippen LogP contribution in [0.25, 0.3) is 0 Å². The molecule has 2 heterocycles. The van der Waals surface area contributed by atoms with E-state index in [2.05, 4.69) is 37.6 Å². The fourth-order valence-corrected chi connectivity index (χ4v) is 2.83. The highest BCUT2D eigenvalue weighted by atomic mass is 16.2. The van der Waals surface area contributed by atoms with E-state index in [4.69, 9.17) is 0 Å². The van der Waals surface area contributed by atoms with Gasteiger partial charge >= 0.3 is 0 Å². The Morgan fingerprint density at radius 1 is 1.08 bits per heavy atom. The van der Waals surface area contributed by atoms with Gasteiger partial charge in [-0.15, -0.1) is 0 Å². The highest BCUT2D eigenvalue weighted by Gasteiger charge is 2.17. The molecule has 1 aliphatic heterocycles. The largest absolute Gasteiger partial charge is 0.372 e. The molecule has 0 radical (unpaired) electrons. The van der Waals surface area contributed by atoms with Gasteiger partial charge < -0.3 is 15.5 Å². The van der Waals surface area contributed by atoms with Gasteiger partial charge in [0, 0.05) is 36.1 Å². The Balaban J connectivity index is 1.68. The lowest BCUT2D eigenvalue weighted by Gasteiger charge is -2.20. The number of rotatable bonds is 4. The normalized spacial score (nSPS) is 14.4. The van der Waals surface area contributed by atoms with Gasteiger partial charge in [-0.2, -0.15) is 0 Å². The van der Waals surface area contributed by atoms with Crippen molar-refractivity contribution in [3.63, 3.8) is 0 Å². The Kier molecular flexibility index (Phi) is 4.88. The molecule has 1 amide bonds. The van der Waals surface area contributed by atoms with Crippen LogP contribution in [0.15, 0.2) is 36.7 Å². The molecule has 6 nitrogen and oxygen atoms in total. The average molecular weight is 339 g/mol. The monoisotopic (exact) mass is 339 g/mol. The summed E-state index contributed by atoms with van der Waals surface area (Å²) in [5, 5.41) is 6.13. The van der Waals surface area contributed by atoms with Gasteiger partial charge in [-0.05, 0) is 57.9 Å². The summed E-state index contributed by atoms with van der Waals surface area (Å²) in [5.41, 5.74) is 2.22. The average Bonchev–Trinajstić information content (AvgIpc) is 3.09. The van der Waals surface area contributed by atoms with Crippen molar-refractivity contribution < 1.29 is 4.79 Å². The van der Waals surface area contributed by atoms with Crippen molar-refractivity contribution in [2.24, 2.45) is 0 Å². The van der Waals surface area contributed by atoms with Crippen LogP contribution in [0.2, 0.25) is 0 Å².